The Hall–Kier alpha value is -1.42. The number of nitrogens with zero attached hydrogens (tertiary/aromatic N) is 1. The molecule has 0 spiro atoms. The van der Waals surface area contributed by atoms with Crippen LogP contribution in [0.15, 0.2) is 18.2 Å². The van der Waals surface area contributed by atoms with Crippen molar-refractivity contribution in [3.05, 3.63) is 34.9 Å². The Balaban J connectivity index is 2.26. The molecule has 0 radical (unpaired) electrons. The minimum atomic E-state index is -3.58. The van der Waals surface area contributed by atoms with E-state index < -0.39 is 16.2 Å². The first-order chi connectivity index (χ1) is 9.05. The Labute approximate surface area is 112 Å². The van der Waals surface area contributed by atoms with Crippen molar-refractivity contribution >= 4 is 10.1 Å². The molecular weight excluding hydrogens is 266 g/mol. The van der Waals surface area contributed by atoms with E-state index in [-0.39, 0.29) is 12.4 Å². The fraction of sp³-hybridized carbons (Fsp3) is 0.462. The molecular formula is C13H15NO4S. The van der Waals surface area contributed by atoms with Crippen molar-refractivity contribution in [2.75, 3.05) is 19.0 Å². The van der Waals surface area contributed by atoms with Gasteiger partial charge in [-0.2, -0.15) is 13.7 Å². The van der Waals surface area contributed by atoms with Crippen LogP contribution in [-0.2, 0) is 25.5 Å². The van der Waals surface area contributed by atoms with Crippen LogP contribution in [0.1, 0.15) is 29.7 Å². The molecule has 0 aliphatic carbocycles. The average Bonchev–Trinajstić information content (AvgIpc) is 2.38. The summed E-state index contributed by atoms with van der Waals surface area (Å²) in [4.78, 5) is 0. The average molecular weight is 281 g/mol. The lowest BCUT2D eigenvalue weighted by atomic mass is 9.96. The first-order valence-corrected chi connectivity index (χ1v) is 7.65. The summed E-state index contributed by atoms with van der Waals surface area (Å²) in [6.45, 7) is 2.20. The second-order valence-electron chi connectivity index (χ2n) is 4.27. The molecule has 1 heterocycles. The van der Waals surface area contributed by atoms with Crippen LogP contribution in [-0.4, -0.2) is 27.4 Å². The maximum atomic E-state index is 11.7. The van der Waals surface area contributed by atoms with E-state index in [2.05, 4.69) is 6.07 Å². The Morgan fingerprint density at radius 3 is 3.00 bits per heavy atom. The van der Waals surface area contributed by atoms with Crippen LogP contribution in [0, 0.1) is 11.3 Å². The number of hydrogen-bond acceptors (Lipinski definition) is 5. The van der Waals surface area contributed by atoms with Crippen LogP contribution in [0.3, 0.4) is 0 Å². The van der Waals surface area contributed by atoms with E-state index in [1.54, 1.807) is 25.1 Å². The van der Waals surface area contributed by atoms with Gasteiger partial charge in [-0.3, -0.25) is 4.18 Å². The van der Waals surface area contributed by atoms with Crippen LogP contribution in [0.4, 0.5) is 0 Å². The highest BCUT2D eigenvalue weighted by Crippen LogP contribution is 2.29. The first-order valence-electron chi connectivity index (χ1n) is 6.07. The van der Waals surface area contributed by atoms with Crippen LogP contribution in [0.25, 0.3) is 0 Å². The SMILES string of the molecule is CCOS(=O)(=O)CC1OCCc2cc(C#N)ccc21. The van der Waals surface area contributed by atoms with Gasteiger partial charge in [0, 0.05) is 0 Å². The molecule has 0 N–H and O–H groups in total. The number of hydrogen-bond donors (Lipinski definition) is 0. The summed E-state index contributed by atoms with van der Waals surface area (Å²) in [5, 5.41) is 8.86. The molecule has 0 amide bonds. The second kappa shape index (κ2) is 5.70. The molecule has 1 atom stereocenters. The molecule has 1 aliphatic rings. The predicted octanol–water partition coefficient (Wildman–Crippen LogP) is 1.54. The van der Waals surface area contributed by atoms with E-state index >= 15 is 0 Å². The molecule has 6 heteroatoms. The van der Waals surface area contributed by atoms with Crippen molar-refractivity contribution in [3.8, 4) is 6.07 Å². The minimum absolute atomic E-state index is 0.120. The zero-order valence-corrected chi connectivity index (χ0v) is 11.4. The van der Waals surface area contributed by atoms with E-state index in [0.29, 0.717) is 18.6 Å². The van der Waals surface area contributed by atoms with E-state index in [9.17, 15) is 8.42 Å². The molecule has 1 aromatic carbocycles. The van der Waals surface area contributed by atoms with Crippen LogP contribution < -0.4 is 0 Å². The third kappa shape index (κ3) is 3.32. The minimum Gasteiger partial charge on any atom is -0.372 e. The zero-order chi connectivity index (χ0) is 13.9. The standard InChI is InChI=1S/C13H15NO4S/c1-2-18-19(15,16)9-13-12-4-3-10(8-14)7-11(12)5-6-17-13/h3-4,7,13H,2,5-6,9H2,1H3. The quantitative estimate of drug-likeness (QED) is 0.782. The molecule has 5 nitrogen and oxygen atoms in total. The first kappa shape index (κ1) is 14.0. The van der Waals surface area contributed by atoms with E-state index in [4.69, 9.17) is 14.2 Å². The molecule has 0 saturated heterocycles. The van der Waals surface area contributed by atoms with Crippen LogP contribution in [0.5, 0.6) is 0 Å². The predicted molar refractivity (Wildman–Crippen MR) is 69.0 cm³/mol. The highest BCUT2D eigenvalue weighted by Gasteiger charge is 2.27. The molecule has 1 aromatic rings. The summed E-state index contributed by atoms with van der Waals surface area (Å²) in [6.07, 6.45) is 0.170. The lowest BCUT2D eigenvalue weighted by Gasteiger charge is -2.25. The van der Waals surface area contributed by atoms with E-state index in [1.165, 1.54) is 0 Å². The maximum absolute atomic E-state index is 11.7. The van der Waals surface area contributed by atoms with Crippen molar-refractivity contribution in [3.63, 3.8) is 0 Å². The second-order valence-corrected chi connectivity index (χ2v) is 5.95. The van der Waals surface area contributed by atoms with Gasteiger partial charge in [-0.25, -0.2) is 0 Å². The van der Waals surface area contributed by atoms with Gasteiger partial charge in [-0.1, -0.05) is 6.07 Å². The molecule has 1 aliphatic heterocycles. The molecule has 1 unspecified atom stereocenters. The third-order valence-electron chi connectivity index (χ3n) is 2.96. The number of rotatable bonds is 4. The van der Waals surface area contributed by atoms with E-state index in [0.717, 1.165) is 11.1 Å². The van der Waals surface area contributed by atoms with Gasteiger partial charge >= 0.3 is 0 Å². The molecule has 0 saturated carbocycles. The third-order valence-corrected chi connectivity index (χ3v) is 4.27. The number of fused-ring (bicyclic) bond motifs is 1. The monoisotopic (exact) mass is 281 g/mol. The summed E-state index contributed by atoms with van der Waals surface area (Å²) in [6, 6.07) is 7.30. The van der Waals surface area contributed by atoms with Crippen molar-refractivity contribution in [1.82, 2.24) is 0 Å². The van der Waals surface area contributed by atoms with Crippen LogP contribution >= 0.6 is 0 Å². The van der Waals surface area contributed by atoms with Gasteiger partial charge < -0.3 is 4.74 Å². The molecule has 2 rings (SSSR count). The van der Waals surface area contributed by atoms with Gasteiger partial charge in [-0.05, 0) is 36.6 Å². The van der Waals surface area contributed by atoms with Gasteiger partial charge in [0.1, 0.15) is 5.75 Å². The van der Waals surface area contributed by atoms with Gasteiger partial charge in [-0.15, -0.1) is 0 Å². The highest BCUT2D eigenvalue weighted by molar-refractivity contribution is 7.86. The van der Waals surface area contributed by atoms with Crippen molar-refractivity contribution < 1.29 is 17.3 Å². The fourth-order valence-corrected chi connectivity index (χ4v) is 3.26. The number of benzene rings is 1. The summed E-state index contributed by atoms with van der Waals surface area (Å²) in [5.74, 6) is -0.195. The Morgan fingerprint density at radius 2 is 2.32 bits per heavy atom. The summed E-state index contributed by atoms with van der Waals surface area (Å²) < 4.78 is 33.6. The summed E-state index contributed by atoms with van der Waals surface area (Å²) in [5.41, 5.74) is 2.38. The Morgan fingerprint density at radius 1 is 1.53 bits per heavy atom. The van der Waals surface area contributed by atoms with Crippen molar-refractivity contribution in [1.29, 1.82) is 5.26 Å². The Kier molecular flexibility index (Phi) is 4.20. The van der Waals surface area contributed by atoms with Crippen LogP contribution in [0.2, 0.25) is 0 Å². The van der Waals surface area contributed by atoms with Gasteiger partial charge in [0.15, 0.2) is 0 Å². The van der Waals surface area contributed by atoms with Crippen molar-refractivity contribution in [2.24, 2.45) is 0 Å². The molecule has 0 aromatic heterocycles. The number of nitriles is 1. The zero-order valence-electron chi connectivity index (χ0n) is 10.6. The number of ether oxygens (including phenoxy) is 1. The lowest BCUT2D eigenvalue weighted by molar-refractivity contribution is 0.0560. The highest BCUT2D eigenvalue weighted by atomic mass is 32.2. The maximum Gasteiger partial charge on any atom is 0.270 e. The summed E-state index contributed by atoms with van der Waals surface area (Å²) >= 11 is 0. The van der Waals surface area contributed by atoms with Gasteiger partial charge in [0.05, 0.1) is 31.0 Å². The van der Waals surface area contributed by atoms with Gasteiger partial charge in [0.25, 0.3) is 10.1 Å². The lowest BCUT2D eigenvalue weighted by Crippen LogP contribution is -2.24. The smallest absolute Gasteiger partial charge is 0.270 e. The normalized spacial score (nSPS) is 18.6. The molecule has 0 fully saturated rings. The molecule has 102 valence electrons. The molecule has 19 heavy (non-hydrogen) atoms. The summed E-state index contributed by atoms with van der Waals surface area (Å²) in [7, 11) is -3.58. The topological polar surface area (TPSA) is 76.4 Å². The fourth-order valence-electron chi connectivity index (χ4n) is 2.16. The van der Waals surface area contributed by atoms with E-state index in [1.807, 2.05) is 0 Å². The molecule has 0 bridgehead atoms. The van der Waals surface area contributed by atoms with Gasteiger partial charge in [0.2, 0.25) is 0 Å². The largest absolute Gasteiger partial charge is 0.372 e. The Bertz CT molecular complexity index is 604. The van der Waals surface area contributed by atoms with Crippen molar-refractivity contribution in [2.45, 2.75) is 19.4 Å².